The third-order valence-electron chi connectivity index (χ3n) is 2.80. The first-order chi connectivity index (χ1) is 8.39. The molecule has 0 saturated carbocycles. The molecule has 1 N–H and O–H groups in total. The highest BCUT2D eigenvalue weighted by molar-refractivity contribution is 7.85. The summed E-state index contributed by atoms with van der Waals surface area (Å²) in [6.45, 7) is 10.8. The Morgan fingerprint density at radius 2 is 2.17 bits per heavy atom. The van der Waals surface area contributed by atoms with Crippen LogP contribution < -0.4 is 4.90 Å². The molecule has 1 aliphatic rings. The fourth-order valence-corrected chi connectivity index (χ4v) is 2.20. The van der Waals surface area contributed by atoms with E-state index in [1.807, 2.05) is 0 Å². The smallest absolute Gasteiger partial charge is 0.133 e. The lowest BCUT2D eigenvalue weighted by Crippen LogP contribution is -3.10. The van der Waals surface area contributed by atoms with Crippen molar-refractivity contribution in [2.75, 3.05) is 39.1 Å². The summed E-state index contributed by atoms with van der Waals surface area (Å²) in [5.74, 6) is -0.337. The van der Waals surface area contributed by atoms with Crippen LogP contribution >= 0.6 is 0 Å². The quantitative estimate of drug-likeness (QED) is 0.534. The first-order valence-corrected chi connectivity index (χ1v) is 8.03. The maximum atomic E-state index is 9.79. The number of unbranched alkanes of at least 4 members (excludes halogenated alkanes) is 1. The minimum atomic E-state index is -4.01. The molecule has 1 aliphatic heterocycles. The molecule has 0 aromatic heterocycles. The van der Waals surface area contributed by atoms with Crippen molar-refractivity contribution in [3.63, 3.8) is 0 Å². The minimum absolute atomic E-state index is 0.242. The zero-order valence-electron chi connectivity index (χ0n) is 11.5. The van der Waals surface area contributed by atoms with E-state index in [0.717, 1.165) is 0 Å². The summed E-state index contributed by atoms with van der Waals surface area (Å²) in [7, 11) is -1.80. The average molecular weight is 278 g/mol. The van der Waals surface area contributed by atoms with Crippen molar-refractivity contribution >= 4 is 10.1 Å². The fourth-order valence-electron chi connectivity index (χ4n) is 1.75. The van der Waals surface area contributed by atoms with Gasteiger partial charge in [-0.05, 0) is 19.9 Å². The number of hydrogen-bond acceptors (Lipinski definition) is 4. The Kier molecular flexibility index (Phi) is 9.27. The van der Waals surface area contributed by atoms with E-state index < -0.39 is 10.1 Å². The van der Waals surface area contributed by atoms with Gasteiger partial charge in [0.2, 0.25) is 0 Å². The summed E-state index contributed by atoms with van der Waals surface area (Å²) in [6.07, 6.45) is 4.37. The monoisotopic (exact) mass is 278 g/mol. The van der Waals surface area contributed by atoms with Crippen LogP contribution in [0.2, 0.25) is 0 Å². The highest BCUT2D eigenvalue weighted by atomic mass is 32.2. The lowest BCUT2D eigenvalue weighted by molar-refractivity contribution is -0.891. The second-order valence-corrected chi connectivity index (χ2v) is 6.20. The molecule has 0 aromatic carbocycles. The van der Waals surface area contributed by atoms with Crippen LogP contribution in [-0.4, -0.2) is 57.0 Å². The van der Waals surface area contributed by atoms with Crippen LogP contribution in [-0.2, 0) is 10.1 Å². The van der Waals surface area contributed by atoms with Gasteiger partial charge in [-0.3, -0.25) is 4.90 Å². The van der Waals surface area contributed by atoms with Crippen molar-refractivity contribution in [3.8, 4) is 0 Å². The lowest BCUT2D eigenvalue weighted by Gasteiger charge is -2.10. The van der Waals surface area contributed by atoms with Gasteiger partial charge in [-0.2, -0.15) is 0 Å². The maximum absolute atomic E-state index is 9.79. The van der Waals surface area contributed by atoms with Gasteiger partial charge in [-0.1, -0.05) is 19.4 Å². The van der Waals surface area contributed by atoms with Gasteiger partial charge in [0.1, 0.15) is 6.67 Å². The summed E-state index contributed by atoms with van der Waals surface area (Å²) in [4.78, 5) is 4.18. The Morgan fingerprint density at radius 3 is 2.50 bits per heavy atom. The van der Waals surface area contributed by atoms with Crippen LogP contribution in [0.1, 0.15) is 26.2 Å². The molecule has 0 radical (unpaired) electrons. The van der Waals surface area contributed by atoms with Gasteiger partial charge in [0, 0.05) is 5.75 Å². The van der Waals surface area contributed by atoms with Gasteiger partial charge in [0.15, 0.2) is 0 Å². The Labute approximate surface area is 111 Å². The molecule has 1 fully saturated rings. The van der Waals surface area contributed by atoms with Crippen LogP contribution in [0.25, 0.3) is 0 Å². The Morgan fingerprint density at radius 1 is 1.50 bits per heavy atom. The van der Waals surface area contributed by atoms with Gasteiger partial charge in [0.25, 0.3) is 0 Å². The molecule has 0 aromatic rings. The highest BCUT2D eigenvalue weighted by Gasteiger charge is 2.18. The Bertz CT molecular complexity index is 317. The topological polar surface area (TPSA) is 64.9 Å². The van der Waals surface area contributed by atoms with Gasteiger partial charge < -0.3 is 9.45 Å². The first kappa shape index (κ1) is 17.6. The number of hydrogen-bond donors (Lipinski definition) is 1. The standard InChI is InChI=1S/C8H18N2.C4H8O3S/c1-3-4-5-10-7-6-9(2)8-10;1-2-3-4-8(5,6)7/h3-8H2,1-2H3;2H,1,3-4H2,(H,5,6,7). The lowest BCUT2D eigenvalue weighted by atomic mass is 10.3. The van der Waals surface area contributed by atoms with Crippen molar-refractivity contribution in [1.82, 2.24) is 4.90 Å². The van der Waals surface area contributed by atoms with E-state index in [1.165, 1.54) is 45.2 Å². The Balaban J connectivity index is 0.000000331. The van der Waals surface area contributed by atoms with Crippen molar-refractivity contribution in [1.29, 1.82) is 0 Å². The predicted molar refractivity (Wildman–Crippen MR) is 72.5 cm³/mol. The molecule has 1 saturated heterocycles. The van der Waals surface area contributed by atoms with E-state index in [2.05, 4.69) is 25.5 Å². The van der Waals surface area contributed by atoms with Gasteiger partial charge in [-0.25, -0.2) is 8.42 Å². The van der Waals surface area contributed by atoms with Gasteiger partial charge >= 0.3 is 0 Å². The average Bonchev–Trinajstić information content (AvgIpc) is 2.69. The van der Waals surface area contributed by atoms with Crippen LogP contribution in [0.3, 0.4) is 0 Å². The summed E-state index contributed by atoms with van der Waals surface area (Å²) in [5, 5.41) is 0. The van der Waals surface area contributed by atoms with Crippen molar-refractivity contribution in [2.45, 2.75) is 26.2 Å². The predicted octanol–water partition coefficient (Wildman–Crippen LogP) is -0.318. The largest absolute Gasteiger partial charge is 0.748 e. The van der Waals surface area contributed by atoms with Crippen molar-refractivity contribution in [2.24, 2.45) is 0 Å². The molecule has 5 nitrogen and oxygen atoms in total. The molecule has 0 spiro atoms. The number of nitrogens with zero attached hydrogens (tertiary/aromatic N) is 1. The highest BCUT2D eigenvalue weighted by Crippen LogP contribution is 1.86. The maximum Gasteiger partial charge on any atom is 0.133 e. The number of rotatable bonds is 6. The number of nitrogens with one attached hydrogen (secondary N) is 1. The zero-order chi connectivity index (χ0) is 14.0. The van der Waals surface area contributed by atoms with E-state index in [-0.39, 0.29) is 12.2 Å². The summed E-state index contributed by atoms with van der Waals surface area (Å²) >= 11 is 0. The normalized spacial score (nSPS) is 20.3. The fraction of sp³-hybridized carbons (Fsp3) is 0.833. The van der Waals surface area contributed by atoms with Crippen LogP contribution in [0, 0.1) is 0 Å². The molecule has 0 aliphatic carbocycles. The third kappa shape index (κ3) is 10.7. The van der Waals surface area contributed by atoms with E-state index >= 15 is 0 Å². The summed E-state index contributed by atoms with van der Waals surface area (Å²) in [6, 6.07) is 0. The molecule has 18 heavy (non-hydrogen) atoms. The molecule has 6 heteroatoms. The zero-order valence-corrected chi connectivity index (χ0v) is 12.3. The molecule has 1 unspecified atom stereocenters. The Hall–Kier alpha value is -0.430. The molecule has 108 valence electrons. The molecular formula is C12H26N2O3S. The summed E-state index contributed by atoms with van der Waals surface area (Å²) < 4.78 is 29.4. The van der Waals surface area contributed by atoms with Gasteiger partial charge in [0.05, 0.1) is 29.8 Å². The van der Waals surface area contributed by atoms with E-state index in [9.17, 15) is 13.0 Å². The second kappa shape index (κ2) is 9.49. The summed E-state index contributed by atoms with van der Waals surface area (Å²) in [5.41, 5.74) is 0. The molecule has 0 amide bonds. The molecule has 0 bridgehead atoms. The first-order valence-electron chi connectivity index (χ1n) is 6.45. The molecule has 1 heterocycles. The van der Waals surface area contributed by atoms with Crippen molar-refractivity contribution in [3.05, 3.63) is 12.7 Å². The van der Waals surface area contributed by atoms with E-state index in [0.29, 0.717) is 0 Å². The minimum Gasteiger partial charge on any atom is -0.748 e. The number of quaternary nitrogens is 1. The number of likely N-dealkylation sites (N-methyl/N-ethyl adjacent to an activating group) is 1. The third-order valence-corrected chi connectivity index (χ3v) is 3.53. The van der Waals surface area contributed by atoms with E-state index in [1.54, 1.807) is 4.90 Å². The second-order valence-electron chi connectivity index (χ2n) is 4.68. The molecular weight excluding hydrogens is 252 g/mol. The van der Waals surface area contributed by atoms with E-state index in [4.69, 9.17) is 0 Å². The SMILES string of the molecule is C=CCCS(=O)(=O)[O-].CCCC[NH+]1CCN(C)C1. The van der Waals surface area contributed by atoms with Crippen LogP contribution in [0.4, 0.5) is 0 Å². The van der Waals surface area contributed by atoms with Crippen LogP contribution in [0.15, 0.2) is 12.7 Å². The molecule has 1 rings (SSSR count). The van der Waals surface area contributed by atoms with Crippen LogP contribution in [0.5, 0.6) is 0 Å². The molecule has 1 atom stereocenters. The van der Waals surface area contributed by atoms with Crippen molar-refractivity contribution < 1.29 is 17.9 Å². The van der Waals surface area contributed by atoms with Gasteiger partial charge in [-0.15, -0.1) is 6.58 Å². The number of allylic oxidation sites excluding steroid dienone is 1.